The number of pyridine rings is 1. The van der Waals surface area contributed by atoms with E-state index in [9.17, 15) is 9.18 Å². The van der Waals surface area contributed by atoms with Crippen LogP contribution in [0.1, 0.15) is 61.1 Å². The number of alkyl halides is 1. The smallest absolute Gasteiger partial charge is 0.251 e. The van der Waals surface area contributed by atoms with Gasteiger partial charge in [-0.25, -0.2) is 14.1 Å². The zero-order valence-electron chi connectivity index (χ0n) is 21.0. The highest BCUT2D eigenvalue weighted by molar-refractivity contribution is 5.95. The van der Waals surface area contributed by atoms with Crippen LogP contribution in [0.4, 0.5) is 10.1 Å². The number of carbonyl (C=O) groups excluding carboxylic acids is 1. The molecule has 0 unspecified atom stereocenters. The third-order valence-corrected chi connectivity index (χ3v) is 6.87. The number of amides is 1. The van der Waals surface area contributed by atoms with E-state index in [0.717, 1.165) is 53.5 Å². The van der Waals surface area contributed by atoms with Gasteiger partial charge in [-0.3, -0.25) is 4.79 Å². The zero-order valence-corrected chi connectivity index (χ0v) is 21.0. The number of carbonyl (C=O) groups is 1. The van der Waals surface area contributed by atoms with Gasteiger partial charge in [0, 0.05) is 41.1 Å². The van der Waals surface area contributed by atoms with Gasteiger partial charge in [0.05, 0.1) is 16.9 Å². The maximum absolute atomic E-state index is 14.8. The molecule has 2 N–H and O–H groups in total. The number of fused-ring (bicyclic) bond motifs is 1. The molecule has 0 spiro atoms. The number of nitrogens with one attached hydrogen (secondary N) is 2. The number of rotatable bonds is 6. The molecule has 5 rings (SSSR count). The molecule has 186 valence electrons. The standard InChI is InChI=1S/C29H32FN5O/c1-19-8-13-25-24(16-19)26(18-27(34-25)29(2,3)30)32-21-9-11-22(12-10-21)33-28(36)20-6-4-7-23(17-20)35-15-5-14-31-35/h4-8,13-18,21-22H,9-12H2,1-3H3,(H,32,34)(H,33,36). The maximum atomic E-state index is 14.8. The lowest BCUT2D eigenvalue weighted by Crippen LogP contribution is -2.40. The van der Waals surface area contributed by atoms with Crippen molar-refractivity contribution in [2.45, 2.75) is 64.2 Å². The molecule has 2 aromatic carbocycles. The Balaban J connectivity index is 1.24. The molecular weight excluding hydrogens is 453 g/mol. The second-order valence-corrected chi connectivity index (χ2v) is 10.2. The Labute approximate surface area is 210 Å². The van der Waals surface area contributed by atoms with E-state index in [4.69, 9.17) is 0 Å². The number of hydrogen-bond donors (Lipinski definition) is 2. The van der Waals surface area contributed by atoms with Crippen LogP contribution in [0.5, 0.6) is 0 Å². The number of hydrogen-bond acceptors (Lipinski definition) is 4. The van der Waals surface area contributed by atoms with Crippen LogP contribution in [0.3, 0.4) is 0 Å². The normalized spacial score (nSPS) is 18.2. The lowest BCUT2D eigenvalue weighted by molar-refractivity contribution is 0.0926. The van der Waals surface area contributed by atoms with Crippen molar-refractivity contribution >= 4 is 22.5 Å². The monoisotopic (exact) mass is 485 g/mol. The predicted molar refractivity (Wildman–Crippen MR) is 141 cm³/mol. The third kappa shape index (κ3) is 5.25. The number of nitrogens with zero attached hydrogens (tertiary/aromatic N) is 3. The first-order valence-electron chi connectivity index (χ1n) is 12.5. The quantitative estimate of drug-likeness (QED) is 0.347. The molecule has 4 aromatic rings. The molecule has 36 heavy (non-hydrogen) atoms. The van der Waals surface area contributed by atoms with E-state index in [1.807, 2.05) is 54.7 Å². The van der Waals surface area contributed by atoms with E-state index < -0.39 is 5.67 Å². The molecule has 6 nitrogen and oxygen atoms in total. The Morgan fingerprint density at radius 2 is 1.81 bits per heavy atom. The van der Waals surface area contributed by atoms with Crippen molar-refractivity contribution in [1.82, 2.24) is 20.1 Å². The van der Waals surface area contributed by atoms with Gasteiger partial charge in [0.1, 0.15) is 5.67 Å². The van der Waals surface area contributed by atoms with Gasteiger partial charge in [-0.2, -0.15) is 5.10 Å². The molecule has 1 aliphatic carbocycles. The molecule has 0 atom stereocenters. The average Bonchev–Trinajstić information content (AvgIpc) is 3.40. The van der Waals surface area contributed by atoms with Crippen LogP contribution in [0, 0.1) is 6.92 Å². The molecule has 0 saturated heterocycles. The van der Waals surface area contributed by atoms with Crippen molar-refractivity contribution in [2.75, 3.05) is 5.32 Å². The fourth-order valence-electron chi connectivity index (χ4n) is 4.85. The van der Waals surface area contributed by atoms with Crippen molar-refractivity contribution in [3.05, 3.63) is 83.8 Å². The number of benzene rings is 2. The third-order valence-electron chi connectivity index (χ3n) is 6.87. The van der Waals surface area contributed by atoms with Gasteiger partial charge in [-0.1, -0.05) is 17.7 Å². The Morgan fingerprint density at radius 1 is 1.03 bits per heavy atom. The maximum Gasteiger partial charge on any atom is 0.251 e. The van der Waals surface area contributed by atoms with Crippen LogP contribution >= 0.6 is 0 Å². The summed E-state index contributed by atoms with van der Waals surface area (Å²) < 4.78 is 16.5. The second kappa shape index (κ2) is 9.72. The van der Waals surface area contributed by atoms with Crippen molar-refractivity contribution in [1.29, 1.82) is 0 Å². The van der Waals surface area contributed by atoms with Crippen molar-refractivity contribution < 1.29 is 9.18 Å². The van der Waals surface area contributed by atoms with Crippen LogP contribution in [-0.2, 0) is 5.67 Å². The summed E-state index contributed by atoms with van der Waals surface area (Å²) in [5, 5.41) is 12.1. The van der Waals surface area contributed by atoms with Gasteiger partial charge in [0.15, 0.2) is 0 Å². The fraction of sp³-hybridized carbons (Fsp3) is 0.345. The highest BCUT2D eigenvalue weighted by atomic mass is 19.1. The summed E-state index contributed by atoms with van der Waals surface area (Å²) in [6.07, 6.45) is 7.17. The minimum Gasteiger partial charge on any atom is -0.382 e. The van der Waals surface area contributed by atoms with Gasteiger partial charge in [-0.05, 0) is 88.9 Å². The topological polar surface area (TPSA) is 71.8 Å². The first-order valence-corrected chi connectivity index (χ1v) is 12.5. The zero-order chi connectivity index (χ0) is 25.3. The second-order valence-electron chi connectivity index (χ2n) is 10.2. The Kier molecular flexibility index (Phi) is 6.48. The molecule has 2 heterocycles. The average molecular weight is 486 g/mol. The molecule has 1 amide bonds. The summed E-state index contributed by atoms with van der Waals surface area (Å²) in [4.78, 5) is 17.5. The van der Waals surface area contributed by atoms with Crippen LogP contribution in [0.25, 0.3) is 16.6 Å². The van der Waals surface area contributed by atoms with Gasteiger partial charge >= 0.3 is 0 Å². The molecule has 1 fully saturated rings. The van der Waals surface area contributed by atoms with Crippen molar-refractivity contribution in [2.24, 2.45) is 0 Å². The molecule has 0 aliphatic heterocycles. The van der Waals surface area contributed by atoms with Crippen molar-refractivity contribution in [3.63, 3.8) is 0 Å². The van der Waals surface area contributed by atoms with E-state index in [1.54, 1.807) is 10.9 Å². The van der Waals surface area contributed by atoms with Crippen LogP contribution < -0.4 is 10.6 Å². The summed E-state index contributed by atoms with van der Waals surface area (Å²) >= 11 is 0. The summed E-state index contributed by atoms with van der Waals surface area (Å²) in [6.45, 7) is 5.13. The van der Waals surface area contributed by atoms with E-state index in [1.165, 1.54) is 13.8 Å². The highest BCUT2D eigenvalue weighted by Crippen LogP contribution is 2.33. The minimum atomic E-state index is -1.52. The molecule has 0 radical (unpaired) electrons. The first-order chi connectivity index (χ1) is 17.3. The van der Waals surface area contributed by atoms with Gasteiger partial charge in [-0.15, -0.1) is 0 Å². The fourth-order valence-corrected chi connectivity index (χ4v) is 4.85. The molecule has 1 saturated carbocycles. The number of aromatic nitrogens is 3. The van der Waals surface area contributed by atoms with E-state index in [-0.39, 0.29) is 18.0 Å². The number of anilines is 1. The first kappa shape index (κ1) is 24.0. The van der Waals surface area contributed by atoms with Crippen LogP contribution in [-0.4, -0.2) is 32.8 Å². The summed E-state index contributed by atoms with van der Waals surface area (Å²) in [6, 6.07) is 17.6. The van der Waals surface area contributed by atoms with Gasteiger partial charge in [0.2, 0.25) is 0 Å². The van der Waals surface area contributed by atoms with E-state index in [2.05, 4.69) is 33.7 Å². The van der Waals surface area contributed by atoms with E-state index in [0.29, 0.717) is 11.3 Å². The molecular formula is C29H32FN5O. The highest BCUT2D eigenvalue weighted by Gasteiger charge is 2.26. The largest absolute Gasteiger partial charge is 0.382 e. The lowest BCUT2D eigenvalue weighted by atomic mass is 9.90. The molecule has 7 heteroatoms. The van der Waals surface area contributed by atoms with Gasteiger partial charge < -0.3 is 10.6 Å². The SMILES string of the molecule is Cc1ccc2nc(C(C)(C)F)cc(NC3CCC(NC(=O)c4cccc(-n5cccn5)c4)CC3)c2c1. The lowest BCUT2D eigenvalue weighted by Gasteiger charge is -2.31. The van der Waals surface area contributed by atoms with Crippen LogP contribution in [0.15, 0.2) is 67.0 Å². The number of halogens is 1. The number of aryl methyl sites for hydroxylation is 1. The predicted octanol–water partition coefficient (Wildman–Crippen LogP) is 6.09. The van der Waals surface area contributed by atoms with Crippen LogP contribution in [0.2, 0.25) is 0 Å². The Hall–Kier alpha value is -3.74. The molecule has 1 aliphatic rings. The summed E-state index contributed by atoms with van der Waals surface area (Å²) in [5.41, 5.74) is 3.25. The molecule has 0 bridgehead atoms. The van der Waals surface area contributed by atoms with E-state index >= 15 is 0 Å². The minimum absolute atomic E-state index is 0.0640. The van der Waals surface area contributed by atoms with Crippen molar-refractivity contribution in [3.8, 4) is 5.69 Å². The molecule has 2 aromatic heterocycles. The Morgan fingerprint density at radius 3 is 2.53 bits per heavy atom. The van der Waals surface area contributed by atoms with Gasteiger partial charge in [0.25, 0.3) is 5.91 Å². The summed E-state index contributed by atoms with van der Waals surface area (Å²) in [7, 11) is 0. The summed E-state index contributed by atoms with van der Waals surface area (Å²) in [5.74, 6) is -0.0640. The Bertz CT molecular complexity index is 1370.